The number of aromatic amines is 1. The molecule has 0 fully saturated rings. The minimum absolute atomic E-state index is 0.0361. The second-order valence-corrected chi connectivity index (χ2v) is 4.23. The number of halogens is 1. The summed E-state index contributed by atoms with van der Waals surface area (Å²) in [5.41, 5.74) is 0.714. The summed E-state index contributed by atoms with van der Waals surface area (Å²) < 4.78 is 1.85. The molecule has 0 aliphatic rings. The van der Waals surface area contributed by atoms with Gasteiger partial charge in [0.1, 0.15) is 0 Å². The van der Waals surface area contributed by atoms with E-state index in [0.717, 1.165) is 5.52 Å². The van der Waals surface area contributed by atoms with Gasteiger partial charge in [0, 0.05) is 22.7 Å². The van der Waals surface area contributed by atoms with Crippen LogP contribution in [0.4, 0.5) is 0 Å². The Labute approximate surface area is 106 Å². The Morgan fingerprint density at radius 2 is 2.22 bits per heavy atom. The van der Waals surface area contributed by atoms with Crippen LogP contribution in [0.15, 0.2) is 35.3 Å². The number of nitrogens with zero attached hydrogens (tertiary/aromatic N) is 4. The first-order chi connectivity index (χ1) is 8.74. The van der Waals surface area contributed by atoms with Gasteiger partial charge in [-0.15, -0.1) is 10.2 Å². The van der Waals surface area contributed by atoms with Crippen molar-refractivity contribution in [2.45, 2.75) is 6.54 Å². The normalized spacial score (nSPS) is 10.9. The van der Waals surface area contributed by atoms with Crippen molar-refractivity contribution in [3.8, 4) is 0 Å². The van der Waals surface area contributed by atoms with Gasteiger partial charge in [-0.3, -0.25) is 4.79 Å². The molecule has 0 amide bonds. The van der Waals surface area contributed by atoms with Gasteiger partial charge in [0.15, 0.2) is 11.3 Å². The number of rotatable bonds is 2. The summed E-state index contributed by atoms with van der Waals surface area (Å²) in [4.78, 5) is 11.7. The minimum Gasteiger partial charge on any atom is -0.339 e. The molecule has 0 aliphatic carbocycles. The smallest absolute Gasteiger partial charge is 0.194 e. The lowest BCUT2D eigenvalue weighted by atomic mass is 10.2. The number of hydrogen-bond donors (Lipinski definition) is 1. The fourth-order valence-electron chi connectivity index (χ4n) is 1.82. The minimum atomic E-state index is -0.0361. The van der Waals surface area contributed by atoms with Crippen molar-refractivity contribution in [1.82, 2.24) is 25.2 Å². The predicted octanol–water partition coefficient (Wildman–Crippen LogP) is 1.22. The molecule has 2 heterocycles. The third kappa shape index (κ3) is 1.86. The monoisotopic (exact) mass is 261 g/mol. The van der Waals surface area contributed by atoms with Crippen molar-refractivity contribution in [2.24, 2.45) is 0 Å². The van der Waals surface area contributed by atoms with Crippen LogP contribution in [-0.4, -0.2) is 25.2 Å². The van der Waals surface area contributed by atoms with E-state index in [0.29, 0.717) is 22.8 Å². The highest BCUT2D eigenvalue weighted by atomic mass is 35.5. The molecule has 7 heteroatoms. The highest BCUT2D eigenvalue weighted by molar-refractivity contribution is 6.31. The van der Waals surface area contributed by atoms with Crippen molar-refractivity contribution in [3.63, 3.8) is 0 Å². The molecule has 2 aromatic heterocycles. The Balaban J connectivity index is 2.20. The zero-order valence-corrected chi connectivity index (χ0v) is 9.92. The molecule has 3 aromatic rings. The molecule has 18 heavy (non-hydrogen) atoms. The molecule has 0 spiro atoms. The maximum Gasteiger partial charge on any atom is 0.194 e. The number of tetrazole rings is 1. The Bertz CT molecular complexity index is 750. The molecule has 3 rings (SSSR count). The van der Waals surface area contributed by atoms with E-state index in [1.807, 2.05) is 4.57 Å². The first kappa shape index (κ1) is 10.9. The second-order valence-electron chi connectivity index (χ2n) is 3.80. The van der Waals surface area contributed by atoms with Crippen LogP contribution >= 0.6 is 11.6 Å². The highest BCUT2D eigenvalue weighted by Crippen LogP contribution is 2.17. The van der Waals surface area contributed by atoms with Gasteiger partial charge in [0.05, 0.1) is 12.1 Å². The van der Waals surface area contributed by atoms with Crippen LogP contribution < -0.4 is 5.43 Å². The predicted molar refractivity (Wildman–Crippen MR) is 66.5 cm³/mol. The zero-order valence-electron chi connectivity index (χ0n) is 9.17. The molecule has 1 aromatic carbocycles. The first-order valence-electron chi connectivity index (χ1n) is 5.25. The van der Waals surface area contributed by atoms with Crippen LogP contribution in [0.1, 0.15) is 5.82 Å². The fourth-order valence-corrected chi connectivity index (χ4v) is 1.98. The van der Waals surface area contributed by atoms with Crippen molar-refractivity contribution in [2.75, 3.05) is 0 Å². The number of hydrogen-bond acceptors (Lipinski definition) is 4. The molecule has 90 valence electrons. The second kappa shape index (κ2) is 4.23. The summed E-state index contributed by atoms with van der Waals surface area (Å²) in [7, 11) is 0. The van der Waals surface area contributed by atoms with Gasteiger partial charge in [0.25, 0.3) is 0 Å². The number of nitrogens with one attached hydrogen (secondary N) is 1. The average Bonchev–Trinajstić information content (AvgIpc) is 2.86. The summed E-state index contributed by atoms with van der Waals surface area (Å²) >= 11 is 5.96. The summed E-state index contributed by atoms with van der Waals surface area (Å²) in [6, 6.07) is 6.67. The van der Waals surface area contributed by atoms with Crippen LogP contribution in [0.2, 0.25) is 5.02 Å². The zero-order chi connectivity index (χ0) is 12.5. The van der Waals surface area contributed by atoms with E-state index in [1.54, 1.807) is 24.4 Å². The summed E-state index contributed by atoms with van der Waals surface area (Å²) in [5.74, 6) is 0.542. The van der Waals surface area contributed by atoms with E-state index >= 15 is 0 Å². The molecule has 1 N–H and O–H groups in total. The SMILES string of the molecule is O=c1ccn(Cc2nn[nH]n2)c2cc(Cl)ccc12. The Morgan fingerprint density at radius 3 is 3.00 bits per heavy atom. The van der Waals surface area contributed by atoms with E-state index in [9.17, 15) is 4.79 Å². The van der Waals surface area contributed by atoms with Crippen molar-refractivity contribution < 1.29 is 0 Å². The number of pyridine rings is 1. The number of aromatic nitrogens is 5. The van der Waals surface area contributed by atoms with Crippen molar-refractivity contribution in [1.29, 1.82) is 0 Å². The van der Waals surface area contributed by atoms with E-state index in [-0.39, 0.29) is 5.43 Å². The Hall–Kier alpha value is -2.21. The quantitative estimate of drug-likeness (QED) is 0.752. The molecule has 0 bridgehead atoms. The summed E-state index contributed by atoms with van der Waals surface area (Å²) in [6.45, 7) is 0.424. The lowest BCUT2D eigenvalue weighted by Crippen LogP contribution is -2.09. The van der Waals surface area contributed by atoms with Crippen LogP contribution in [0.3, 0.4) is 0 Å². The van der Waals surface area contributed by atoms with Gasteiger partial charge >= 0.3 is 0 Å². The van der Waals surface area contributed by atoms with Gasteiger partial charge in [0.2, 0.25) is 0 Å². The standard InChI is InChI=1S/C11H8ClN5O/c12-7-1-2-8-9(5-7)17(4-3-10(8)18)6-11-13-15-16-14-11/h1-5H,6H2,(H,13,14,15,16). The number of H-pyrrole nitrogens is 1. The highest BCUT2D eigenvalue weighted by Gasteiger charge is 2.06. The number of fused-ring (bicyclic) bond motifs is 1. The van der Waals surface area contributed by atoms with E-state index in [2.05, 4.69) is 20.6 Å². The average molecular weight is 262 g/mol. The van der Waals surface area contributed by atoms with Crippen LogP contribution in [0, 0.1) is 0 Å². The lowest BCUT2D eigenvalue weighted by molar-refractivity contribution is 0.767. The molecule has 6 nitrogen and oxygen atoms in total. The van der Waals surface area contributed by atoms with Gasteiger partial charge in [-0.05, 0) is 18.2 Å². The van der Waals surface area contributed by atoms with Gasteiger partial charge in [-0.1, -0.05) is 16.8 Å². The van der Waals surface area contributed by atoms with Gasteiger partial charge in [-0.2, -0.15) is 5.21 Å². The molecule has 0 radical (unpaired) electrons. The van der Waals surface area contributed by atoms with Crippen LogP contribution in [-0.2, 0) is 6.54 Å². The molecule has 0 unspecified atom stereocenters. The first-order valence-corrected chi connectivity index (χ1v) is 5.63. The van der Waals surface area contributed by atoms with E-state index < -0.39 is 0 Å². The van der Waals surface area contributed by atoms with Crippen molar-refractivity contribution in [3.05, 3.63) is 51.5 Å². The van der Waals surface area contributed by atoms with Gasteiger partial charge < -0.3 is 4.57 Å². The van der Waals surface area contributed by atoms with Gasteiger partial charge in [-0.25, -0.2) is 0 Å². The van der Waals surface area contributed by atoms with Crippen LogP contribution in [0.5, 0.6) is 0 Å². The largest absolute Gasteiger partial charge is 0.339 e. The molecule has 0 saturated heterocycles. The van der Waals surface area contributed by atoms with Crippen LogP contribution in [0.25, 0.3) is 10.9 Å². The third-order valence-electron chi connectivity index (χ3n) is 2.64. The fraction of sp³-hybridized carbons (Fsp3) is 0.0909. The molecule has 0 aliphatic heterocycles. The molecular weight excluding hydrogens is 254 g/mol. The third-order valence-corrected chi connectivity index (χ3v) is 2.88. The van der Waals surface area contributed by atoms with E-state index in [4.69, 9.17) is 11.6 Å². The molecule has 0 saturated carbocycles. The summed E-state index contributed by atoms with van der Waals surface area (Å²) in [6.07, 6.45) is 1.69. The molecule has 0 atom stereocenters. The molecular formula is C11H8ClN5O. The maximum atomic E-state index is 11.7. The Kier molecular flexibility index (Phi) is 2.56. The summed E-state index contributed by atoms with van der Waals surface area (Å²) in [5, 5.41) is 14.8. The lowest BCUT2D eigenvalue weighted by Gasteiger charge is -2.08. The Morgan fingerprint density at radius 1 is 1.33 bits per heavy atom. The number of benzene rings is 1. The van der Waals surface area contributed by atoms with E-state index in [1.165, 1.54) is 6.07 Å². The topological polar surface area (TPSA) is 76.5 Å². The van der Waals surface area contributed by atoms with Crippen molar-refractivity contribution >= 4 is 22.5 Å². The maximum absolute atomic E-state index is 11.7.